The van der Waals surface area contributed by atoms with Crippen molar-refractivity contribution in [2.45, 2.75) is 6.54 Å². The van der Waals surface area contributed by atoms with Gasteiger partial charge in [-0.15, -0.1) is 0 Å². The summed E-state index contributed by atoms with van der Waals surface area (Å²) in [5.74, 6) is 0. The lowest BCUT2D eigenvalue weighted by Crippen LogP contribution is -1.98. The molecule has 0 fully saturated rings. The van der Waals surface area contributed by atoms with Crippen molar-refractivity contribution >= 4 is 17.3 Å². The van der Waals surface area contributed by atoms with Gasteiger partial charge in [-0.25, -0.2) is 0 Å². The number of hydrogen-bond acceptors (Lipinski definition) is 2. The predicted molar refractivity (Wildman–Crippen MR) is 62.0 cm³/mol. The normalized spacial score (nSPS) is 10.3. The largest absolute Gasteiger partial charge is 0.378 e. The molecule has 3 nitrogen and oxygen atoms in total. The maximum Gasteiger partial charge on any atom is 0.0729 e. The van der Waals surface area contributed by atoms with Gasteiger partial charge in [0.15, 0.2) is 0 Å². The molecule has 0 saturated carbocycles. The van der Waals surface area contributed by atoms with Crippen LogP contribution in [0.15, 0.2) is 36.7 Å². The summed E-state index contributed by atoms with van der Waals surface area (Å²) in [6.45, 7) is 0.756. The molecule has 0 atom stereocenters. The molecule has 1 N–H and O–H groups in total. The summed E-state index contributed by atoms with van der Waals surface area (Å²) in [5, 5.41) is 8.11. The standard InChI is InChI=1S/C11H12ClN3/c1-15-8-11(7-14-15)13-6-9-3-2-4-10(12)5-9/h2-5,7-8,13H,6H2,1H3. The van der Waals surface area contributed by atoms with E-state index in [0.29, 0.717) is 0 Å². The van der Waals surface area contributed by atoms with Crippen molar-refractivity contribution in [2.24, 2.45) is 7.05 Å². The molecule has 0 spiro atoms. The fraction of sp³-hybridized carbons (Fsp3) is 0.182. The fourth-order valence-electron chi connectivity index (χ4n) is 1.36. The van der Waals surface area contributed by atoms with Crippen LogP contribution in [0.1, 0.15) is 5.56 Å². The lowest BCUT2D eigenvalue weighted by molar-refractivity contribution is 0.768. The van der Waals surface area contributed by atoms with Crippen LogP contribution in [0.3, 0.4) is 0 Å². The Morgan fingerprint density at radius 3 is 3.00 bits per heavy atom. The number of aromatic nitrogens is 2. The molecule has 1 aromatic heterocycles. The van der Waals surface area contributed by atoms with Crippen molar-refractivity contribution in [2.75, 3.05) is 5.32 Å². The Morgan fingerprint density at radius 1 is 1.47 bits per heavy atom. The molecule has 78 valence electrons. The van der Waals surface area contributed by atoms with Crippen molar-refractivity contribution < 1.29 is 0 Å². The van der Waals surface area contributed by atoms with Crippen LogP contribution in [0.2, 0.25) is 5.02 Å². The van der Waals surface area contributed by atoms with E-state index < -0.39 is 0 Å². The summed E-state index contributed by atoms with van der Waals surface area (Å²) in [5.41, 5.74) is 2.17. The number of hydrogen-bond donors (Lipinski definition) is 1. The lowest BCUT2D eigenvalue weighted by atomic mass is 10.2. The van der Waals surface area contributed by atoms with Crippen molar-refractivity contribution in [3.8, 4) is 0 Å². The van der Waals surface area contributed by atoms with Crippen LogP contribution in [-0.2, 0) is 13.6 Å². The Balaban J connectivity index is 1.99. The highest BCUT2D eigenvalue weighted by molar-refractivity contribution is 6.30. The number of nitrogens with zero attached hydrogens (tertiary/aromatic N) is 2. The number of benzene rings is 1. The first-order valence-corrected chi connectivity index (χ1v) is 5.09. The van der Waals surface area contributed by atoms with Crippen LogP contribution < -0.4 is 5.32 Å². The Morgan fingerprint density at radius 2 is 2.33 bits per heavy atom. The van der Waals surface area contributed by atoms with Gasteiger partial charge < -0.3 is 5.32 Å². The highest BCUT2D eigenvalue weighted by Gasteiger charge is 1.96. The topological polar surface area (TPSA) is 29.9 Å². The van der Waals surface area contributed by atoms with Crippen molar-refractivity contribution in [3.05, 3.63) is 47.2 Å². The van der Waals surface area contributed by atoms with Crippen LogP contribution in [-0.4, -0.2) is 9.78 Å². The molecule has 1 aromatic carbocycles. The first kappa shape index (κ1) is 10.1. The van der Waals surface area contributed by atoms with Gasteiger partial charge in [-0.2, -0.15) is 5.10 Å². The molecule has 0 unspecified atom stereocenters. The summed E-state index contributed by atoms with van der Waals surface area (Å²) < 4.78 is 1.76. The summed E-state index contributed by atoms with van der Waals surface area (Å²) in [4.78, 5) is 0. The summed E-state index contributed by atoms with van der Waals surface area (Å²) in [6.07, 6.45) is 3.73. The Hall–Kier alpha value is -1.48. The van der Waals surface area contributed by atoms with E-state index in [1.165, 1.54) is 0 Å². The van der Waals surface area contributed by atoms with Gasteiger partial charge in [-0.3, -0.25) is 4.68 Å². The summed E-state index contributed by atoms with van der Waals surface area (Å²) in [7, 11) is 1.89. The molecular formula is C11H12ClN3. The van der Waals surface area contributed by atoms with Crippen LogP contribution in [0.25, 0.3) is 0 Å². The average molecular weight is 222 g/mol. The first-order valence-electron chi connectivity index (χ1n) is 4.71. The molecule has 0 aliphatic carbocycles. The van der Waals surface area contributed by atoms with Gasteiger partial charge in [0.25, 0.3) is 0 Å². The second-order valence-corrected chi connectivity index (χ2v) is 3.82. The van der Waals surface area contributed by atoms with E-state index >= 15 is 0 Å². The van der Waals surface area contributed by atoms with Gasteiger partial charge >= 0.3 is 0 Å². The van der Waals surface area contributed by atoms with Gasteiger partial charge in [0, 0.05) is 24.8 Å². The molecule has 0 amide bonds. The van der Waals surface area contributed by atoms with Crippen molar-refractivity contribution in [1.82, 2.24) is 9.78 Å². The quantitative estimate of drug-likeness (QED) is 0.864. The minimum atomic E-state index is 0.756. The van der Waals surface area contributed by atoms with E-state index in [0.717, 1.165) is 22.8 Å². The third-order valence-electron chi connectivity index (χ3n) is 2.09. The molecule has 15 heavy (non-hydrogen) atoms. The van der Waals surface area contributed by atoms with Crippen LogP contribution in [0, 0.1) is 0 Å². The molecule has 0 aliphatic heterocycles. The smallest absolute Gasteiger partial charge is 0.0729 e. The van der Waals surface area contributed by atoms with Crippen LogP contribution >= 0.6 is 11.6 Å². The SMILES string of the molecule is Cn1cc(NCc2cccc(Cl)c2)cn1. The molecule has 2 aromatic rings. The maximum absolute atomic E-state index is 5.89. The van der Waals surface area contributed by atoms with Crippen molar-refractivity contribution in [3.63, 3.8) is 0 Å². The van der Waals surface area contributed by atoms with Crippen LogP contribution in [0.4, 0.5) is 5.69 Å². The number of anilines is 1. The van der Waals surface area contributed by atoms with Crippen LogP contribution in [0.5, 0.6) is 0 Å². The fourth-order valence-corrected chi connectivity index (χ4v) is 1.58. The van der Waals surface area contributed by atoms with Gasteiger partial charge in [-0.1, -0.05) is 23.7 Å². The maximum atomic E-state index is 5.89. The van der Waals surface area contributed by atoms with E-state index in [1.54, 1.807) is 10.9 Å². The molecule has 0 aliphatic rings. The van der Waals surface area contributed by atoms with E-state index in [9.17, 15) is 0 Å². The third kappa shape index (κ3) is 2.73. The molecule has 0 radical (unpaired) electrons. The van der Waals surface area contributed by atoms with E-state index in [4.69, 9.17) is 11.6 Å². The van der Waals surface area contributed by atoms with E-state index in [-0.39, 0.29) is 0 Å². The Bertz CT molecular complexity index is 451. The zero-order valence-electron chi connectivity index (χ0n) is 8.44. The monoisotopic (exact) mass is 221 g/mol. The van der Waals surface area contributed by atoms with Gasteiger partial charge in [0.2, 0.25) is 0 Å². The van der Waals surface area contributed by atoms with Gasteiger partial charge in [0.1, 0.15) is 0 Å². The lowest BCUT2D eigenvalue weighted by Gasteiger charge is -2.03. The number of aryl methyl sites for hydroxylation is 1. The van der Waals surface area contributed by atoms with E-state index in [1.807, 2.05) is 37.5 Å². The second-order valence-electron chi connectivity index (χ2n) is 3.39. The Kier molecular flexibility index (Phi) is 2.92. The van der Waals surface area contributed by atoms with Gasteiger partial charge in [-0.05, 0) is 17.7 Å². The zero-order chi connectivity index (χ0) is 10.7. The predicted octanol–water partition coefficient (Wildman–Crippen LogP) is 2.69. The molecule has 1 heterocycles. The third-order valence-corrected chi connectivity index (χ3v) is 2.33. The minimum absolute atomic E-state index is 0.756. The number of halogens is 1. The summed E-state index contributed by atoms with van der Waals surface area (Å²) >= 11 is 5.89. The average Bonchev–Trinajstić information content (AvgIpc) is 2.62. The Labute approximate surface area is 93.7 Å². The first-order chi connectivity index (χ1) is 7.24. The molecule has 4 heteroatoms. The minimum Gasteiger partial charge on any atom is -0.378 e. The second kappa shape index (κ2) is 4.36. The summed E-state index contributed by atoms with van der Waals surface area (Å²) in [6, 6.07) is 7.80. The van der Waals surface area contributed by atoms with Gasteiger partial charge in [0.05, 0.1) is 11.9 Å². The highest BCUT2D eigenvalue weighted by Crippen LogP contribution is 2.12. The number of rotatable bonds is 3. The molecule has 0 bridgehead atoms. The number of nitrogens with one attached hydrogen (secondary N) is 1. The molecule has 2 rings (SSSR count). The van der Waals surface area contributed by atoms with E-state index in [2.05, 4.69) is 10.4 Å². The molecular weight excluding hydrogens is 210 g/mol. The highest BCUT2D eigenvalue weighted by atomic mass is 35.5. The molecule has 0 saturated heterocycles. The zero-order valence-corrected chi connectivity index (χ0v) is 9.20. The van der Waals surface area contributed by atoms with Crippen molar-refractivity contribution in [1.29, 1.82) is 0 Å².